The Morgan fingerprint density at radius 2 is 1.57 bits per heavy atom. The van der Waals surface area contributed by atoms with Gasteiger partial charge in [0.2, 0.25) is 21.8 Å². The molecule has 0 aliphatic carbocycles. The highest BCUT2D eigenvalue weighted by Gasteiger charge is 2.34. The third kappa shape index (κ3) is 8.54. The van der Waals surface area contributed by atoms with Crippen molar-refractivity contribution in [3.8, 4) is 0 Å². The predicted octanol–water partition coefficient (Wildman–Crippen LogP) is 5.48. The number of nitrogens with one attached hydrogen (secondary N) is 1. The summed E-state index contributed by atoms with van der Waals surface area (Å²) in [6.45, 7) is 6.93. The Kier molecular flexibility index (Phi) is 10.4. The van der Waals surface area contributed by atoms with Crippen molar-refractivity contribution in [2.45, 2.75) is 57.1 Å². The molecule has 214 valence electrons. The van der Waals surface area contributed by atoms with Gasteiger partial charge in [0.15, 0.2) is 0 Å². The molecule has 0 aromatic heterocycles. The molecular weight excluding hydrogens is 569 g/mol. The highest BCUT2D eigenvalue weighted by molar-refractivity contribution is 7.89. The molecule has 0 aliphatic rings. The minimum absolute atomic E-state index is 0.0255. The zero-order chi connectivity index (χ0) is 29.7. The minimum Gasteiger partial charge on any atom is -0.350 e. The molecule has 0 heterocycles. The molecule has 0 aliphatic heterocycles. The lowest BCUT2D eigenvalue weighted by Gasteiger charge is -2.34. The third-order valence-corrected chi connectivity index (χ3v) is 8.62. The summed E-state index contributed by atoms with van der Waals surface area (Å²) in [5, 5.41) is 3.75. The molecule has 0 saturated carbocycles. The second-order valence-corrected chi connectivity index (χ2v) is 13.7. The highest BCUT2D eigenvalue weighted by atomic mass is 35.5. The van der Waals surface area contributed by atoms with Gasteiger partial charge in [0.1, 0.15) is 6.04 Å². The van der Waals surface area contributed by atoms with Gasteiger partial charge < -0.3 is 10.2 Å². The quantitative estimate of drug-likeness (QED) is 0.332. The first-order chi connectivity index (χ1) is 18.7. The summed E-state index contributed by atoms with van der Waals surface area (Å²) < 4.78 is 27.5. The Morgan fingerprint density at radius 1 is 0.950 bits per heavy atom. The fourth-order valence-electron chi connectivity index (χ4n) is 4.10. The van der Waals surface area contributed by atoms with Crippen LogP contribution in [0.4, 0.5) is 0 Å². The van der Waals surface area contributed by atoms with Gasteiger partial charge in [-0.25, -0.2) is 8.42 Å². The first-order valence-electron chi connectivity index (χ1n) is 12.8. The van der Waals surface area contributed by atoms with Crippen LogP contribution < -0.4 is 5.32 Å². The fraction of sp³-hybridized carbons (Fsp3) is 0.333. The van der Waals surface area contributed by atoms with Crippen LogP contribution in [0.5, 0.6) is 0 Å². The van der Waals surface area contributed by atoms with Crippen LogP contribution in [-0.4, -0.2) is 54.6 Å². The molecule has 0 bridgehead atoms. The molecule has 0 fully saturated rings. The van der Waals surface area contributed by atoms with Gasteiger partial charge >= 0.3 is 0 Å². The average molecular weight is 605 g/mol. The third-order valence-electron chi connectivity index (χ3n) is 6.21. The zero-order valence-corrected chi connectivity index (χ0v) is 25.6. The Balaban J connectivity index is 2.02. The maximum absolute atomic E-state index is 13.9. The van der Waals surface area contributed by atoms with E-state index < -0.39 is 34.1 Å². The largest absolute Gasteiger partial charge is 0.350 e. The van der Waals surface area contributed by atoms with Crippen molar-refractivity contribution in [3.05, 3.63) is 99.5 Å². The summed E-state index contributed by atoms with van der Waals surface area (Å²) in [4.78, 5) is 29.1. The lowest BCUT2D eigenvalue weighted by Crippen LogP contribution is -2.56. The number of sulfonamides is 1. The second kappa shape index (κ2) is 13.2. The van der Waals surface area contributed by atoms with Crippen LogP contribution in [0, 0.1) is 6.92 Å². The number of benzene rings is 3. The first kappa shape index (κ1) is 31.6. The van der Waals surface area contributed by atoms with E-state index in [1.165, 1.54) is 24.1 Å². The highest BCUT2D eigenvalue weighted by Crippen LogP contribution is 2.25. The van der Waals surface area contributed by atoms with Gasteiger partial charge in [-0.15, -0.1) is 0 Å². The molecule has 1 atom stereocenters. The van der Waals surface area contributed by atoms with Crippen LogP contribution in [0.2, 0.25) is 10.0 Å². The summed E-state index contributed by atoms with van der Waals surface area (Å²) >= 11 is 12.6. The van der Waals surface area contributed by atoms with Crippen LogP contribution in [0.3, 0.4) is 0 Å². The van der Waals surface area contributed by atoms with Gasteiger partial charge in [0, 0.05) is 35.6 Å². The predicted molar refractivity (Wildman–Crippen MR) is 160 cm³/mol. The molecule has 40 heavy (non-hydrogen) atoms. The number of carbonyl (C=O) groups is 2. The second-order valence-electron chi connectivity index (χ2n) is 10.8. The van der Waals surface area contributed by atoms with Gasteiger partial charge in [-0.05, 0) is 63.1 Å². The normalized spacial score (nSPS) is 12.7. The van der Waals surface area contributed by atoms with E-state index in [1.807, 2.05) is 58.0 Å². The van der Waals surface area contributed by atoms with Crippen molar-refractivity contribution in [1.82, 2.24) is 14.5 Å². The smallest absolute Gasteiger partial charge is 0.243 e. The molecule has 2 amide bonds. The standard InChI is InChI=1S/C30H35Cl2N3O4S/c1-21-11-15-25(16-12-21)40(38,39)34(5)20-28(36)35(19-23-13-14-24(31)18-26(23)32)27(29(37)33-30(2,3)4)17-22-9-7-6-8-10-22/h6-16,18,27H,17,19-20H2,1-5H3,(H,33,37). The van der Waals surface area contributed by atoms with Crippen molar-refractivity contribution >= 4 is 45.0 Å². The molecule has 1 N–H and O–H groups in total. The number of halogens is 2. The van der Waals surface area contributed by atoms with E-state index in [2.05, 4.69) is 5.32 Å². The van der Waals surface area contributed by atoms with Crippen LogP contribution in [0.15, 0.2) is 77.7 Å². The summed E-state index contributed by atoms with van der Waals surface area (Å²) in [6.07, 6.45) is 0.216. The number of amides is 2. The summed E-state index contributed by atoms with van der Waals surface area (Å²) in [6, 6.07) is 19.7. The molecule has 3 aromatic rings. The van der Waals surface area contributed by atoms with E-state index in [0.717, 1.165) is 15.4 Å². The van der Waals surface area contributed by atoms with Crippen LogP contribution in [0.1, 0.15) is 37.5 Å². The van der Waals surface area contributed by atoms with E-state index in [0.29, 0.717) is 15.6 Å². The molecule has 3 rings (SSSR count). The van der Waals surface area contributed by atoms with Crippen molar-refractivity contribution in [1.29, 1.82) is 0 Å². The van der Waals surface area contributed by atoms with Crippen molar-refractivity contribution < 1.29 is 18.0 Å². The summed E-state index contributed by atoms with van der Waals surface area (Å²) in [5.41, 5.74) is 1.77. The SMILES string of the molecule is Cc1ccc(S(=O)(=O)N(C)CC(=O)N(Cc2ccc(Cl)cc2Cl)C(Cc2ccccc2)C(=O)NC(C)(C)C)cc1. The number of hydrogen-bond donors (Lipinski definition) is 1. The van der Waals surface area contributed by atoms with E-state index in [9.17, 15) is 18.0 Å². The Bertz CT molecular complexity index is 1440. The van der Waals surface area contributed by atoms with E-state index in [-0.39, 0.29) is 23.8 Å². The Morgan fingerprint density at radius 3 is 2.15 bits per heavy atom. The van der Waals surface area contributed by atoms with Crippen molar-refractivity contribution in [3.63, 3.8) is 0 Å². The lowest BCUT2D eigenvalue weighted by atomic mass is 10.0. The molecule has 7 nitrogen and oxygen atoms in total. The van der Waals surface area contributed by atoms with Crippen LogP contribution in [-0.2, 0) is 32.6 Å². The lowest BCUT2D eigenvalue weighted by molar-refractivity contribution is -0.141. The maximum Gasteiger partial charge on any atom is 0.243 e. The zero-order valence-electron chi connectivity index (χ0n) is 23.3. The molecule has 3 aromatic carbocycles. The monoisotopic (exact) mass is 603 g/mol. The van der Waals surface area contributed by atoms with E-state index >= 15 is 0 Å². The number of aryl methyl sites for hydroxylation is 1. The van der Waals surface area contributed by atoms with Crippen molar-refractivity contribution in [2.75, 3.05) is 13.6 Å². The number of likely N-dealkylation sites (N-methyl/N-ethyl adjacent to an activating group) is 1. The van der Waals surface area contributed by atoms with Gasteiger partial charge in [0.25, 0.3) is 0 Å². The molecular formula is C30H35Cl2N3O4S. The van der Waals surface area contributed by atoms with E-state index in [4.69, 9.17) is 23.2 Å². The number of hydrogen-bond acceptors (Lipinski definition) is 4. The van der Waals surface area contributed by atoms with Crippen molar-refractivity contribution in [2.24, 2.45) is 0 Å². The first-order valence-corrected chi connectivity index (χ1v) is 15.0. The average Bonchev–Trinajstić information content (AvgIpc) is 2.87. The Hall–Kier alpha value is -2.91. The molecule has 0 spiro atoms. The van der Waals surface area contributed by atoms with Gasteiger partial charge in [0.05, 0.1) is 11.4 Å². The molecule has 10 heteroatoms. The fourth-order valence-corrected chi connectivity index (χ4v) is 5.69. The minimum atomic E-state index is -3.96. The Labute approximate surface area is 247 Å². The molecule has 0 saturated heterocycles. The number of rotatable bonds is 10. The van der Waals surface area contributed by atoms with Gasteiger partial charge in [-0.3, -0.25) is 9.59 Å². The number of carbonyl (C=O) groups excluding carboxylic acids is 2. The summed E-state index contributed by atoms with van der Waals surface area (Å²) in [7, 11) is -2.61. The maximum atomic E-state index is 13.9. The summed E-state index contributed by atoms with van der Waals surface area (Å²) in [5.74, 6) is -0.909. The van der Waals surface area contributed by atoms with Crippen LogP contribution in [0.25, 0.3) is 0 Å². The van der Waals surface area contributed by atoms with Gasteiger partial charge in [-0.1, -0.05) is 77.3 Å². The molecule has 1 unspecified atom stereocenters. The number of nitrogens with zero attached hydrogens (tertiary/aromatic N) is 2. The van der Waals surface area contributed by atoms with Crippen LogP contribution >= 0.6 is 23.2 Å². The van der Waals surface area contributed by atoms with E-state index in [1.54, 1.807) is 30.3 Å². The molecule has 0 radical (unpaired) electrons. The van der Waals surface area contributed by atoms with Gasteiger partial charge in [-0.2, -0.15) is 4.31 Å². The topological polar surface area (TPSA) is 86.8 Å².